The maximum atomic E-state index is 12.2. The van der Waals surface area contributed by atoms with Crippen LogP contribution in [0, 0.1) is 6.92 Å². The molecule has 1 aromatic rings. The molecule has 0 fully saturated rings. The van der Waals surface area contributed by atoms with Crippen LogP contribution in [0.5, 0.6) is 0 Å². The zero-order valence-electron chi connectivity index (χ0n) is 6.61. The fraction of sp³-hybridized carbons (Fsp3) is 0.250. The number of hydrogen-bond acceptors (Lipinski definition) is 1. The molecule has 0 heterocycles. The van der Waals surface area contributed by atoms with Crippen molar-refractivity contribution < 1.29 is 13.2 Å². The lowest BCUT2D eigenvalue weighted by Crippen LogP contribution is -2.05. The Balaban J connectivity index is 3.29. The Hall–Kier alpha value is -0.350. The van der Waals surface area contributed by atoms with Gasteiger partial charge in [0.2, 0.25) is 0 Å². The number of thiol groups is 1. The molecule has 0 spiro atoms. The molecule has 1 aromatic carbocycles. The lowest BCUT2D eigenvalue weighted by Gasteiger charge is -2.09. The zero-order chi connectivity index (χ0) is 10.2. The van der Waals surface area contributed by atoms with Gasteiger partial charge >= 0.3 is 6.18 Å². The van der Waals surface area contributed by atoms with Crippen molar-refractivity contribution in [3.05, 3.63) is 28.3 Å². The zero-order valence-corrected chi connectivity index (χ0v) is 8.26. The predicted octanol–water partition coefficient (Wildman–Crippen LogP) is 3.96. The van der Waals surface area contributed by atoms with E-state index in [1.54, 1.807) is 6.92 Å². The molecule has 0 atom stereocenters. The molecule has 0 aliphatic carbocycles. The molecular formula is C8H6ClF3S. The third kappa shape index (κ3) is 2.31. The van der Waals surface area contributed by atoms with E-state index in [-0.39, 0.29) is 9.92 Å². The van der Waals surface area contributed by atoms with E-state index in [0.717, 1.165) is 12.1 Å². The van der Waals surface area contributed by atoms with Crippen LogP contribution in [-0.2, 0) is 6.18 Å². The summed E-state index contributed by atoms with van der Waals surface area (Å²) in [7, 11) is 0. The Morgan fingerprint density at radius 3 is 2.23 bits per heavy atom. The quantitative estimate of drug-likeness (QED) is 0.636. The van der Waals surface area contributed by atoms with E-state index in [2.05, 4.69) is 12.6 Å². The molecule has 1 rings (SSSR count). The van der Waals surface area contributed by atoms with Crippen LogP contribution in [0.15, 0.2) is 17.0 Å². The van der Waals surface area contributed by atoms with Crippen LogP contribution in [-0.4, -0.2) is 0 Å². The molecule has 0 aliphatic heterocycles. The highest BCUT2D eigenvalue weighted by Gasteiger charge is 2.31. The number of halogens is 4. The van der Waals surface area contributed by atoms with Gasteiger partial charge in [0.1, 0.15) is 0 Å². The van der Waals surface area contributed by atoms with Gasteiger partial charge in [-0.05, 0) is 24.6 Å². The largest absolute Gasteiger partial charge is 0.416 e. The highest BCUT2D eigenvalue weighted by molar-refractivity contribution is 7.80. The van der Waals surface area contributed by atoms with Crippen molar-refractivity contribution in [1.82, 2.24) is 0 Å². The van der Waals surface area contributed by atoms with Gasteiger partial charge in [0.05, 0.1) is 5.56 Å². The van der Waals surface area contributed by atoms with Gasteiger partial charge in [-0.25, -0.2) is 0 Å². The number of benzene rings is 1. The van der Waals surface area contributed by atoms with E-state index in [1.807, 2.05) is 0 Å². The highest BCUT2D eigenvalue weighted by atomic mass is 35.5. The van der Waals surface area contributed by atoms with Crippen LogP contribution in [0.2, 0.25) is 5.02 Å². The standard InChI is InChI=1S/C8H6ClF3S/c1-4-6(9)2-5(3-7(4)13)8(10,11)12/h2-3,13H,1H3. The maximum Gasteiger partial charge on any atom is 0.416 e. The lowest BCUT2D eigenvalue weighted by atomic mass is 10.1. The van der Waals surface area contributed by atoms with Crippen LogP contribution in [0.1, 0.15) is 11.1 Å². The molecule has 0 saturated heterocycles. The van der Waals surface area contributed by atoms with Gasteiger partial charge in [-0.3, -0.25) is 0 Å². The molecule has 0 amide bonds. The topological polar surface area (TPSA) is 0 Å². The molecule has 0 unspecified atom stereocenters. The second-order valence-electron chi connectivity index (χ2n) is 2.60. The molecule has 13 heavy (non-hydrogen) atoms. The van der Waals surface area contributed by atoms with E-state index in [0.29, 0.717) is 5.56 Å². The molecule has 0 nitrogen and oxygen atoms in total. The van der Waals surface area contributed by atoms with Crippen molar-refractivity contribution in [2.24, 2.45) is 0 Å². The first kappa shape index (κ1) is 10.7. The van der Waals surface area contributed by atoms with E-state index in [4.69, 9.17) is 11.6 Å². The summed E-state index contributed by atoms with van der Waals surface area (Å²) in [5.74, 6) is 0. The predicted molar refractivity (Wildman–Crippen MR) is 48.4 cm³/mol. The van der Waals surface area contributed by atoms with E-state index in [9.17, 15) is 13.2 Å². The van der Waals surface area contributed by atoms with Crippen LogP contribution in [0.3, 0.4) is 0 Å². The molecule has 72 valence electrons. The Kier molecular flexibility index (Phi) is 2.82. The van der Waals surface area contributed by atoms with Crippen molar-refractivity contribution in [3.8, 4) is 0 Å². The Labute approximate surface area is 84.1 Å². The van der Waals surface area contributed by atoms with Gasteiger partial charge in [-0.2, -0.15) is 13.2 Å². The van der Waals surface area contributed by atoms with E-state index < -0.39 is 11.7 Å². The molecule has 5 heteroatoms. The average molecular weight is 227 g/mol. The summed E-state index contributed by atoms with van der Waals surface area (Å²) in [5.41, 5.74) is -0.217. The summed E-state index contributed by atoms with van der Waals surface area (Å²) in [4.78, 5) is 0.250. The third-order valence-corrected chi connectivity index (χ3v) is 2.50. The fourth-order valence-electron chi connectivity index (χ4n) is 0.828. The Morgan fingerprint density at radius 1 is 1.31 bits per heavy atom. The fourth-order valence-corrected chi connectivity index (χ4v) is 1.37. The van der Waals surface area contributed by atoms with Crippen molar-refractivity contribution in [2.75, 3.05) is 0 Å². The number of hydrogen-bond donors (Lipinski definition) is 1. The van der Waals surface area contributed by atoms with Gasteiger partial charge in [0, 0.05) is 9.92 Å². The van der Waals surface area contributed by atoms with Gasteiger partial charge in [-0.15, -0.1) is 12.6 Å². The van der Waals surface area contributed by atoms with E-state index >= 15 is 0 Å². The van der Waals surface area contributed by atoms with Crippen LogP contribution >= 0.6 is 24.2 Å². The molecule has 0 aromatic heterocycles. The minimum atomic E-state index is -4.37. The smallest absolute Gasteiger partial charge is 0.166 e. The van der Waals surface area contributed by atoms with Crippen LogP contribution in [0.25, 0.3) is 0 Å². The molecule has 0 saturated carbocycles. The van der Waals surface area contributed by atoms with E-state index in [1.165, 1.54) is 0 Å². The molecular weight excluding hydrogens is 221 g/mol. The summed E-state index contributed by atoms with van der Waals surface area (Å²) >= 11 is 9.46. The number of alkyl halides is 3. The summed E-state index contributed by atoms with van der Waals surface area (Å²) in [6, 6.07) is 1.86. The lowest BCUT2D eigenvalue weighted by molar-refractivity contribution is -0.137. The highest BCUT2D eigenvalue weighted by Crippen LogP contribution is 2.34. The van der Waals surface area contributed by atoms with Crippen molar-refractivity contribution in [1.29, 1.82) is 0 Å². The Morgan fingerprint density at radius 2 is 1.85 bits per heavy atom. The second-order valence-corrected chi connectivity index (χ2v) is 3.49. The van der Waals surface area contributed by atoms with Gasteiger partial charge in [0.15, 0.2) is 0 Å². The van der Waals surface area contributed by atoms with Crippen LogP contribution < -0.4 is 0 Å². The summed E-state index contributed by atoms with van der Waals surface area (Å²) in [5, 5.41) is 0.0832. The third-order valence-electron chi connectivity index (χ3n) is 1.64. The van der Waals surface area contributed by atoms with Crippen molar-refractivity contribution >= 4 is 24.2 Å². The minimum absolute atomic E-state index is 0.0832. The second kappa shape index (κ2) is 3.42. The Bertz CT molecular complexity index is 310. The first-order chi connectivity index (χ1) is 5.82. The minimum Gasteiger partial charge on any atom is -0.166 e. The van der Waals surface area contributed by atoms with Crippen molar-refractivity contribution in [3.63, 3.8) is 0 Å². The SMILES string of the molecule is Cc1c(S)cc(C(F)(F)F)cc1Cl. The average Bonchev–Trinajstić information content (AvgIpc) is 1.97. The normalized spacial score (nSPS) is 11.8. The van der Waals surface area contributed by atoms with Crippen molar-refractivity contribution in [2.45, 2.75) is 18.0 Å². The summed E-state index contributed by atoms with van der Waals surface area (Å²) in [6.07, 6.45) is -4.37. The molecule has 0 aliphatic rings. The molecule has 0 bridgehead atoms. The monoisotopic (exact) mass is 226 g/mol. The van der Waals surface area contributed by atoms with Crippen LogP contribution in [0.4, 0.5) is 13.2 Å². The molecule has 0 radical (unpaired) electrons. The first-order valence-corrected chi connectivity index (χ1v) is 4.21. The van der Waals surface area contributed by atoms with Gasteiger partial charge < -0.3 is 0 Å². The van der Waals surface area contributed by atoms with Gasteiger partial charge in [-0.1, -0.05) is 11.6 Å². The number of rotatable bonds is 0. The van der Waals surface area contributed by atoms with Gasteiger partial charge in [0.25, 0.3) is 0 Å². The first-order valence-electron chi connectivity index (χ1n) is 3.38. The summed E-state index contributed by atoms with van der Waals surface area (Å²) < 4.78 is 36.6. The molecule has 0 N–H and O–H groups in total. The maximum absolute atomic E-state index is 12.2. The summed E-state index contributed by atoms with van der Waals surface area (Å²) in [6.45, 7) is 1.62.